The molecule has 1 rings (SSSR count). The van der Waals surface area contributed by atoms with Gasteiger partial charge in [0.15, 0.2) is 0 Å². The number of hydrogen-bond donors (Lipinski definition) is 1. The zero-order valence-corrected chi connectivity index (χ0v) is 7.50. The number of carboxylic acids is 1. The number of carboxylic acid groups (broad SMARTS) is 1. The van der Waals surface area contributed by atoms with E-state index in [1.807, 2.05) is 0 Å². The van der Waals surface area contributed by atoms with Gasteiger partial charge in [-0.25, -0.2) is 13.6 Å². The summed E-state index contributed by atoms with van der Waals surface area (Å²) >= 11 is 0. The Kier molecular flexibility index (Phi) is 3.11. The lowest BCUT2D eigenvalue weighted by Crippen LogP contribution is -2.06. The van der Waals surface area contributed by atoms with Crippen LogP contribution in [0.4, 0.5) is 8.78 Å². The summed E-state index contributed by atoms with van der Waals surface area (Å²) in [5.41, 5.74) is -0.209. The van der Waals surface area contributed by atoms with Crippen LogP contribution < -0.4 is 0 Å². The van der Waals surface area contributed by atoms with Crippen molar-refractivity contribution in [2.24, 2.45) is 0 Å². The molecule has 0 saturated heterocycles. The number of aromatic nitrogens is 1. The molecule has 14 heavy (non-hydrogen) atoms. The van der Waals surface area contributed by atoms with Gasteiger partial charge in [-0.05, 0) is 18.6 Å². The van der Waals surface area contributed by atoms with Gasteiger partial charge in [0.1, 0.15) is 5.69 Å². The molecule has 0 radical (unpaired) electrons. The first-order valence-electron chi connectivity index (χ1n) is 4.07. The number of rotatable bonds is 3. The second-order valence-electron chi connectivity index (χ2n) is 2.69. The van der Waals surface area contributed by atoms with E-state index in [1.165, 1.54) is 0 Å². The Morgan fingerprint density at radius 3 is 2.64 bits per heavy atom. The Morgan fingerprint density at radius 1 is 1.57 bits per heavy atom. The normalized spacial score (nSPS) is 10.6. The van der Waals surface area contributed by atoms with E-state index in [1.54, 1.807) is 6.92 Å². The van der Waals surface area contributed by atoms with Crippen molar-refractivity contribution in [3.8, 4) is 0 Å². The fraction of sp³-hybridized carbons (Fsp3) is 0.333. The molecule has 0 aliphatic carbocycles. The van der Waals surface area contributed by atoms with E-state index in [4.69, 9.17) is 5.11 Å². The van der Waals surface area contributed by atoms with Gasteiger partial charge in [0.25, 0.3) is 6.43 Å². The van der Waals surface area contributed by atoms with Crippen LogP contribution in [0.1, 0.15) is 35.1 Å². The maximum Gasteiger partial charge on any atom is 0.337 e. The highest BCUT2D eigenvalue weighted by Crippen LogP contribution is 2.18. The Morgan fingerprint density at radius 2 is 2.21 bits per heavy atom. The monoisotopic (exact) mass is 201 g/mol. The number of halogens is 2. The van der Waals surface area contributed by atoms with E-state index in [0.29, 0.717) is 6.42 Å². The maximum atomic E-state index is 12.2. The van der Waals surface area contributed by atoms with Crippen LogP contribution in [-0.4, -0.2) is 16.1 Å². The molecule has 1 heterocycles. The molecule has 76 valence electrons. The molecule has 0 spiro atoms. The molecule has 1 N–H and O–H groups in total. The maximum absolute atomic E-state index is 12.2. The number of carbonyl (C=O) groups is 1. The summed E-state index contributed by atoms with van der Waals surface area (Å²) in [6.45, 7) is 1.67. The SMILES string of the molecule is CCc1nc(C(F)F)ccc1C(=O)O. The van der Waals surface area contributed by atoms with Crippen molar-refractivity contribution < 1.29 is 18.7 Å². The van der Waals surface area contributed by atoms with Crippen LogP contribution in [0, 0.1) is 0 Å². The average Bonchev–Trinajstić information content (AvgIpc) is 2.16. The van der Waals surface area contributed by atoms with Gasteiger partial charge in [-0.15, -0.1) is 0 Å². The highest BCUT2D eigenvalue weighted by Gasteiger charge is 2.14. The van der Waals surface area contributed by atoms with Crippen LogP contribution in [0.5, 0.6) is 0 Å². The van der Waals surface area contributed by atoms with E-state index in [-0.39, 0.29) is 17.0 Å². The lowest BCUT2D eigenvalue weighted by molar-refractivity contribution is 0.0694. The predicted molar refractivity (Wildman–Crippen MR) is 45.5 cm³/mol. The largest absolute Gasteiger partial charge is 0.478 e. The first kappa shape index (κ1) is 10.6. The first-order chi connectivity index (χ1) is 6.56. The first-order valence-corrected chi connectivity index (χ1v) is 4.07. The standard InChI is InChI=1S/C9H9F2NO2/c1-2-6-5(9(13)14)3-4-7(12-6)8(10)11/h3-4,8H,2H2,1H3,(H,13,14). The molecule has 0 aromatic carbocycles. The molecule has 1 aromatic rings. The van der Waals surface area contributed by atoms with Crippen LogP contribution in [0.2, 0.25) is 0 Å². The smallest absolute Gasteiger partial charge is 0.337 e. The average molecular weight is 201 g/mol. The van der Waals surface area contributed by atoms with Crippen molar-refractivity contribution in [3.63, 3.8) is 0 Å². The number of aryl methyl sites for hydroxylation is 1. The summed E-state index contributed by atoms with van der Waals surface area (Å²) in [5, 5.41) is 8.70. The molecule has 0 saturated carbocycles. The molecule has 0 bridgehead atoms. The third-order valence-electron chi connectivity index (χ3n) is 1.78. The van der Waals surface area contributed by atoms with Gasteiger partial charge in [0.2, 0.25) is 0 Å². The Labute approximate surface area is 79.4 Å². The van der Waals surface area contributed by atoms with Crippen LogP contribution >= 0.6 is 0 Å². The summed E-state index contributed by atoms with van der Waals surface area (Å²) in [4.78, 5) is 14.2. The van der Waals surface area contributed by atoms with Crippen molar-refractivity contribution in [1.82, 2.24) is 4.98 Å². The molecule has 1 aromatic heterocycles. The third-order valence-corrected chi connectivity index (χ3v) is 1.78. The van der Waals surface area contributed by atoms with Crippen molar-refractivity contribution in [2.75, 3.05) is 0 Å². The van der Waals surface area contributed by atoms with E-state index in [0.717, 1.165) is 12.1 Å². The summed E-state index contributed by atoms with van der Waals surface area (Å²) in [6, 6.07) is 2.20. The molecule has 0 fully saturated rings. The Balaban J connectivity index is 3.18. The molecule has 0 aliphatic rings. The van der Waals surface area contributed by atoms with Crippen molar-refractivity contribution in [1.29, 1.82) is 0 Å². The fourth-order valence-electron chi connectivity index (χ4n) is 1.10. The van der Waals surface area contributed by atoms with Crippen LogP contribution in [0.15, 0.2) is 12.1 Å². The van der Waals surface area contributed by atoms with Crippen molar-refractivity contribution in [2.45, 2.75) is 19.8 Å². The minimum atomic E-state index is -2.66. The van der Waals surface area contributed by atoms with Gasteiger partial charge < -0.3 is 5.11 Å². The van der Waals surface area contributed by atoms with Gasteiger partial charge in [-0.2, -0.15) is 0 Å². The molecule has 5 heteroatoms. The van der Waals surface area contributed by atoms with Crippen LogP contribution in [0.25, 0.3) is 0 Å². The van der Waals surface area contributed by atoms with E-state index >= 15 is 0 Å². The summed E-state index contributed by atoms with van der Waals surface area (Å²) < 4.78 is 24.4. The van der Waals surface area contributed by atoms with Crippen LogP contribution in [-0.2, 0) is 6.42 Å². The number of alkyl halides is 2. The Bertz CT molecular complexity index is 353. The second-order valence-corrected chi connectivity index (χ2v) is 2.69. The minimum absolute atomic E-state index is 0.0168. The lowest BCUT2D eigenvalue weighted by Gasteiger charge is -2.05. The zero-order chi connectivity index (χ0) is 10.7. The predicted octanol–water partition coefficient (Wildman–Crippen LogP) is 2.28. The molecular weight excluding hydrogens is 192 g/mol. The van der Waals surface area contributed by atoms with Gasteiger partial charge in [-0.1, -0.05) is 6.92 Å². The second kappa shape index (κ2) is 4.13. The van der Waals surface area contributed by atoms with Crippen molar-refractivity contribution in [3.05, 3.63) is 29.1 Å². The zero-order valence-electron chi connectivity index (χ0n) is 7.50. The van der Waals surface area contributed by atoms with Gasteiger partial charge in [0, 0.05) is 0 Å². The summed E-state index contributed by atoms with van der Waals surface area (Å²) in [5.74, 6) is -1.14. The summed E-state index contributed by atoms with van der Waals surface area (Å²) in [6.07, 6.45) is -2.34. The van der Waals surface area contributed by atoms with Crippen LogP contribution in [0.3, 0.4) is 0 Å². The molecule has 0 unspecified atom stereocenters. The minimum Gasteiger partial charge on any atom is -0.478 e. The Hall–Kier alpha value is -1.52. The van der Waals surface area contributed by atoms with Crippen molar-refractivity contribution >= 4 is 5.97 Å². The summed E-state index contributed by atoms with van der Waals surface area (Å²) in [7, 11) is 0. The highest BCUT2D eigenvalue weighted by molar-refractivity contribution is 5.88. The van der Waals surface area contributed by atoms with Gasteiger partial charge >= 0.3 is 5.97 Å². The third kappa shape index (κ3) is 2.04. The number of nitrogens with zero attached hydrogens (tertiary/aromatic N) is 1. The highest BCUT2D eigenvalue weighted by atomic mass is 19.3. The fourth-order valence-corrected chi connectivity index (χ4v) is 1.10. The molecule has 0 aliphatic heterocycles. The number of aromatic carboxylic acids is 1. The molecule has 3 nitrogen and oxygen atoms in total. The lowest BCUT2D eigenvalue weighted by atomic mass is 10.1. The molecule has 0 atom stereocenters. The number of pyridine rings is 1. The van der Waals surface area contributed by atoms with Gasteiger partial charge in [-0.3, -0.25) is 4.98 Å². The topological polar surface area (TPSA) is 50.2 Å². The van der Waals surface area contributed by atoms with E-state index in [9.17, 15) is 13.6 Å². The van der Waals surface area contributed by atoms with E-state index < -0.39 is 12.4 Å². The number of hydrogen-bond acceptors (Lipinski definition) is 2. The quantitative estimate of drug-likeness (QED) is 0.816. The molecule has 0 amide bonds. The molecular formula is C9H9F2NO2. The van der Waals surface area contributed by atoms with E-state index in [2.05, 4.69) is 4.98 Å². The van der Waals surface area contributed by atoms with Gasteiger partial charge in [0.05, 0.1) is 11.3 Å².